The molecule has 0 bridgehead atoms. The third-order valence-electron chi connectivity index (χ3n) is 6.43. The lowest BCUT2D eigenvalue weighted by atomic mass is 9.97. The summed E-state index contributed by atoms with van der Waals surface area (Å²) in [5.74, 6) is 1.50. The molecule has 0 saturated carbocycles. The van der Waals surface area contributed by atoms with Crippen molar-refractivity contribution in [1.29, 1.82) is 0 Å². The molecule has 0 spiro atoms. The zero-order valence-corrected chi connectivity index (χ0v) is 21.7. The highest BCUT2D eigenvalue weighted by atomic mass is 32.2. The molecule has 1 aromatic carbocycles. The number of aromatic nitrogens is 4. The first-order valence-electron chi connectivity index (χ1n) is 12.5. The minimum Gasteiger partial charge on any atom is -0.356 e. The van der Waals surface area contributed by atoms with Crippen molar-refractivity contribution in [2.75, 3.05) is 19.6 Å². The van der Waals surface area contributed by atoms with Gasteiger partial charge in [0.25, 0.3) is 0 Å². The Morgan fingerprint density at radius 3 is 2.58 bits per heavy atom. The third kappa shape index (κ3) is 6.17. The van der Waals surface area contributed by atoms with Crippen molar-refractivity contribution < 1.29 is 13.2 Å². The number of pyridine rings is 1. The summed E-state index contributed by atoms with van der Waals surface area (Å²) >= 11 is 0. The third-order valence-corrected chi connectivity index (χ3v) is 8.34. The molecule has 1 N–H and O–H groups in total. The maximum atomic E-state index is 13.5. The van der Waals surface area contributed by atoms with Gasteiger partial charge in [-0.2, -0.15) is 4.31 Å². The Labute approximate surface area is 213 Å². The molecule has 10 heteroatoms. The first-order valence-corrected chi connectivity index (χ1v) is 14.0. The summed E-state index contributed by atoms with van der Waals surface area (Å²) in [6.45, 7) is 5.93. The van der Waals surface area contributed by atoms with E-state index in [2.05, 4.69) is 34.3 Å². The van der Waals surface area contributed by atoms with Crippen LogP contribution in [0.1, 0.15) is 38.9 Å². The number of fused-ring (bicyclic) bond motifs is 1. The van der Waals surface area contributed by atoms with Gasteiger partial charge in [0.2, 0.25) is 15.9 Å². The molecule has 0 fully saturated rings. The second-order valence-corrected chi connectivity index (χ2v) is 11.5. The molecule has 1 atom stereocenters. The standard InChI is InChI=1S/C26H34N6O3S/c1-20(2)18-28-26(33)21-9-7-15-31(36(34,35)23-10-4-3-5-11-23)16-13-24-29-30-25(32(24)17-12-21)22-8-6-14-27-19-22/h3-6,8,10-11,14,19-21H,7,9,12-13,15-18H2,1-2H3,(H,28,33). The van der Waals surface area contributed by atoms with E-state index in [9.17, 15) is 13.2 Å². The van der Waals surface area contributed by atoms with Crippen LogP contribution in [-0.4, -0.2) is 58.0 Å². The van der Waals surface area contributed by atoms with E-state index in [-0.39, 0.29) is 23.3 Å². The van der Waals surface area contributed by atoms with E-state index in [4.69, 9.17) is 0 Å². The summed E-state index contributed by atoms with van der Waals surface area (Å²) in [7, 11) is -3.68. The Kier molecular flexibility index (Phi) is 8.48. The SMILES string of the molecule is CC(C)CNC(=O)C1CCCN(S(=O)(=O)c2ccccc2)CCc2nnc(-c3cccnc3)n2CC1. The second kappa shape index (κ2) is 11.7. The number of rotatable bonds is 6. The first kappa shape index (κ1) is 26.0. The number of sulfonamides is 1. The van der Waals surface area contributed by atoms with Crippen LogP contribution in [0.2, 0.25) is 0 Å². The molecule has 192 valence electrons. The first-order chi connectivity index (χ1) is 17.4. The summed E-state index contributed by atoms with van der Waals surface area (Å²) in [6.07, 6.45) is 5.68. The lowest BCUT2D eigenvalue weighted by Gasteiger charge is -2.22. The lowest BCUT2D eigenvalue weighted by molar-refractivity contribution is -0.125. The average molecular weight is 511 g/mol. The predicted octanol–water partition coefficient (Wildman–Crippen LogP) is 3.15. The van der Waals surface area contributed by atoms with Crippen LogP contribution in [0.4, 0.5) is 0 Å². The van der Waals surface area contributed by atoms with Crippen molar-refractivity contribution in [3.8, 4) is 11.4 Å². The number of hydrogen-bond acceptors (Lipinski definition) is 6. The Hall–Kier alpha value is -3.11. The molecule has 3 heterocycles. The topological polar surface area (TPSA) is 110 Å². The highest BCUT2D eigenvalue weighted by Gasteiger charge is 2.28. The van der Waals surface area contributed by atoms with Crippen LogP contribution < -0.4 is 5.32 Å². The largest absolute Gasteiger partial charge is 0.356 e. The van der Waals surface area contributed by atoms with E-state index >= 15 is 0 Å². The molecule has 1 amide bonds. The zero-order valence-electron chi connectivity index (χ0n) is 20.9. The van der Waals surface area contributed by atoms with Crippen LogP contribution in [0.15, 0.2) is 59.8 Å². The van der Waals surface area contributed by atoms with Crippen molar-refractivity contribution in [1.82, 2.24) is 29.4 Å². The van der Waals surface area contributed by atoms with E-state index in [1.54, 1.807) is 42.7 Å². The quantitative estimate of drug-likeness (QED) is 0.546. The van der Waals surface area contributed by atoms with Gasteiger partial charge in [-0.15, -0.1) is 10.2 Å². The minimum atomic E-state index is -3.68. The Balaban J connectivity index is 1.66. The Bertz CT molecular complexity index is 1250. The van der Waals surface area contributed by atoms with Gasteiger partial charge < -0.3 is 9.88 Å². The fourth-order valence-corrected chi connectivity index (χ4v) is 5.94. The molecule has 0 aliphatic carbocycles. The van der Waals surface area contributed by atoms with Gasteiger partial charge in [0.05, 0.1) is 4.90 Å². The van der Waals surface area contributed by atoms with Gasteiger partial charge >= 0.3 is 0 Å². The Morgan fingerprint density at radius 1 is 1.06 bits per heavy atom. The Morgan fingerprint density at radius 2 is 1.86 bits per heavy atom. The number of nitrogens with one attached hydrogen (secondary N) is 1. The second-order valence-electron chi connectivity index (χ2n) is 9.57. The normalized spacial score (nSPS) is 17.8. The van der Waals surface area contributed by atoms with E-state index in [1.165, 1.54) is 4.31 Å². The van der Waals surface area contributed by atoms with E-state index in [0.29, 0.717) is 62.9 Å². The molecule has 2 aromatic heterocycles. The molecular formula is C26H34N6O3S. The summed E-state index contributed by atoms with van der Waals surface area (Å²) in [6, 6.07) is 12.3. The predicted molar refractivity (Wildman–Crippen MR) is 137 cm³/mol. The number of hydrogen-bond donors (Lipinski definition) is 1. The molecule has 9 nitrogen and oxygen atoms in total. The molecule has 4 rings (SSSR count). The summed E-state index contributed by atoms with van der Waals surface area (Å²) in [4.78, 5) is 17.5. The zero-order chi connectivity index (χ0) is 25.5. The minimum absolute atomic E-state index is 0.0120. The number of benzene rings is 1. The molecule has 36 heavy (non-hydrogen) atoms. The molecule has 0 radical (unpaired) electrons. The molecule has 3 aromatic rings. The lowest BCUT2D eigenvalue weighted by Crippen LogP contribution is -2.36. The maximum absolute atomic E-state index is 13.5. The van der Waals surface area contributed by atoms with Crippen molar-refractivity contribution in [3.05, 3.63) is 60.7 Å². The summed E-state index contributed by atoms with van der Waals surface area (Å²) in [5, 5.41) is 11.9. The van der Waals surface area contributed by atoms with Gasteiger partial charge in [0, 0.05) is 56.5 Å². The highest BCUT2D eigenvalue weighted by Crippen LogP contribution is 2.24. The fourth-order valence-electron chi connectivity index (χ4n) is 4.44. The van der Waals surface area contributed by atoms with Gasteiger partial charge in [-0.3, -0.25) is 9.78 Å². The summed E-state index contributed by atoms with van der Waals surface area (Å²) in [5.41, 5.74) is 0.834. The van der Waals surface area contributed by atoms with Crippen LogP contribution in [0.3, 0.4) is 0 Å². The van der Waals surface area contributed by atoms with Crippen LogP contribution in [0.5, 0.6) is 0 Å². The monoisotopic (exact) mass is 510 g/mol. The van der Waals surface area contributed by atoms with E-state index in [1.807, 2.05) is 16.7 Å². The molecule has 1 aliphatic rings. The van der Waals surface area contributed by atoms with Crippen LogP contribution in [-0.2, 0) is 27.8 Å². The molecule has 1 unspecified atom stereocenters. The van der Waals surface area contributed by atoms with E-state index in [0.717, 1.165) is 5.56 Å². The molecule has 0 saturated heterocycles. The van der Waals surface area contributed by atoms with Crippen LogP contribution >= 0.6 is 0 Å². The van der Waals surface area contributed by atoms with Crippen molar-refractivity contribution in [2.24, 2.45) is 11.8 Å². The van der Waals surface area contributed by atoms with Crippen LogP contribution in [0.25, 0.3) is 11.4 Å². The van der Waals surface area contributed by atoms with Crippen LogP contribution in [0, 0.1) is 11.8 Å². The van der Waals surface area contributed by atoms with Crippen molar-refractivity contribution in [3.63, 3.8) is 0 Å². The van der Waals surface area contributed by atoms with Crippen molar-refractivity contribution >= 4 is 15.9 Å². The number of carbonyl (C=O) groups is 1. The number of nitrogens with zero attached hydrogens (tertiary/aromatic N) is 5. The van der Waals surface area contributed by atoms with Gasteiger partial charge in [-0.1, -0.05) is 32.0 Å². The average Bonchev–Trinajstić information content (AvgIpc) is 3.28. The summed E-state index contributed by atoms with van der Waals surface area (Å²) < 4.78 is 30.5. The maximum Gasteiger partial charge on any atom is 0.243 e. The highest BCUT2D eigenvalue weighted by molar-refractivity contribution is 7.89. The van der Waals surface area contributed by atoms with Gasteiger partial charge in [-0.25, -0.2) is 8.42 Å². The van der Waals surface area contributed by atoms with Gasteiger partial charge in [-0.05, 0) is 49.4 Å². The molecular weight excluding hydrogens is 476 g/mol. The van der Waals surface area contributed by atoms with E-state index < -0.39 is 10.0 Å². The molecule has 1 aliphatic heterocycles. The number of carbonyl (C=O) groups excluding carboxylic acids is 1. The fraction of sp³-hybridized carbons (Fsp3) is 0.462. The smallest absolute Gasteiger partial charge is 0.243 e. The van der Waals surface area contributed by atoms with Gasteiger partial charge in [0.1, 0.15) is 5.82 Å². The number of amides is 1. The van der Waals surface area contributed by atoms with Crippen molar-refractivity contribution in [2.45, 2.75) is 51.0 Å². The van der Waals surface area contributed by atoms with Gasteiger partial charge in [0.15, 0.2) is 5.82 Å².